The Kier molecular flexibility index (Phi) is 4.60. The Morgan fingerprint density at radius 3 is 2.54 bits per heavy atom. The van der Waals surface area contributed by atoms with Gasteiger partial charge in [-0.2, -0.15) is 0 Å². The predicted octanol–water partition coefficient (Wildman–Crippen LogP) is 1.89. The van der Waals surface area contributed by atoms with Crippen molar-refractivity contribution < 1.29 is 13.2 Å². The summed E-state index contributed by atoms with van der Waals surface area (Å²) in [5, 5.41) is 8.48. The van der Waals surface area contributed by atoms with Crippen molar-refractivity contribution in [1.82, 2.24) is 10.2 Å². The number of amides is 1. The van der Waals surface area contributed by atoms with E-state index in [0.717, 1.165) is 32.5 Å². The molecule has 1 aromatic carbocycles. The first-order valence-electron chi connectivity index (χ1n) is 8.67. The zero-order valence-electron chi connectivity index (χ0n) is 14.2. The number of thiophene rings is 1. The van der Waals surface area contributed by atoms with E-state index in [1.165, 1.54) is 17.4 Å². The summed E-state index contributed by atoms with van der Waals surface area (Å²) in [6, 6.07) is 10.3. The number of benzene rings is 1. The molecule has 4 heterocycles. The SMILES string of the molecule is NS(=O)(=O)c1ccccc1-c1ccc(C(=O)NC2CN3CCC2CC3)s1. The molecule has 2 bridgehead atoms. The predicted molar refractivity (Wildman–Crippen MR) is 102 cm³/mol. The number of nitrogens with two attached hydrogens (primary N) is 1. The highest BCUT2D eigenvalue weighted by molar-refractivity contribution is 7.89. The molecule has 3 aliphatic heterocycles. The minimum atomic E-state index is -3.82. The first kappa shape index (κ1) is 17.7. The van der Waals surface area contributed by atoms with Gasteiger partial charge >= 0.3 is 0 Å². The first-order valence-corrected chi connectivity index (χ1v) is 11.0. The van der Waals surface area contributed by atoms with Crippen molar-refractivity contribution >= 4 is 27.3 Å². The molecule has 3 fully saturated rings. The monoisotopic (exact) mass is 391 g/mol. The minimum absolute atomic E-state index is 0.0752. The summed E-state index contributed by atoms with van der Waals surface area (Å²) in [5.41, 5.74) is 0.530. The van der Waals surface area contributed by atoms with Crippen molar-refractivity contribution in [2.75, 3.05) is 19.6 Å². The van der Waals surface area contributed by atoms with Gasteiger partial charge in [0.05, 0.1) is 9.77 Å². The standard InChI is InChI=1S/C18H21N3O3S2/c19-26(23,24)17-4-2-1-3-13(17)15-5-6-16(25-15)18(22)20-14-11-21-9-7-12(14)8-10-21/h1-6,12,14H,7-11H2,(H,20,22)(H2,19,23,24). The lowest BCUT2D eigenvalue weighted by Gasteiger charge is -2.44. The number of carbonyl (C=O) groups is 1. The molecule has 0 radical (unpaired) electrons. The summed E-state index contributed by atoms with van der Waals surface area (Å²) in [7, 11) is -3.82. The second kappa shape index (κ2) is 6.77. The molecule has 0 spiro atoms. The lowest BCUT2D eigenvalue weighted by atomic mass is 9.84. The summed E-state index contributed by atoms with van der Waals surface area (Å²) in [6.07, 6.45) is 2.28. The molecular formula is C18H21N3O3S2. The smallest absolute Gasteiger partial charge is 0.261 e. The largest absolute Gasteiger partial charge is 0.347 e. The van der Waals surface area contributed by atoms with Crippen LogP contribution in [0.4, 0.5) is 0 Å². The molecule has 8 heteroatoms. The fourth-order valence-corrected chi connectivity index (χ4v) is 5.66. The molecule has 0 saturated carbocycles. The third-order valence-electron chi connectivity index (χ3n) is 5.26. The second-order valence-corrected chi connectivity index (χ2v) is 9.54. The summed E-state index contributed by atoms with van der Waals surface area (Å²) < 4.78 is 23.6. The highest BCUT2D eigenvalue weighted by atomic mass is 32.2. The fraction of sp³-hybridized carbons (Fsp3) is 0.389. The van der Waals surface area contributed by atoms with Gasteiger partial charge in [-0.25, -0.2) is 13.6 Å². The molecule has 3 aliphatic rings. The van der Waals surface area contributed by atoms with Crippen LogP contribution in [0.25, 0.3) is 10.4 Å². The van der Waals surface area contributed by atoms with Gasteiger partial charge in [-0.1, -0.05) is 18.2 Å². The number of rotatable bonds is 4. The molecule has 138 valence electrons. The van der Waals surface area contributed by atoms with E-state index in [9.17, 15) is 13.2 Å². The van der Waals surface area contributed by atoms with E-state index in [4.69, 9.17) is 5.14 Å². The lowest BCUT2D eigenvalue weighted by molar-refractivity contribution is 0.0622. The minimum Gasteiger partial charge on any atom is -0.347 e. The molecule has 1 atom stereocenters. The van der Waals surface area contributed by atoms with Crippen LogP contribution in [0.5, 0.6) is 0 Å². The Balaban J connectivity index is 1.54. The number of hydrogen-bond acceptors (Lipinski definition) is 5. The van der Waals surface area contributed by atoms with Crippen LogP contribution in [0.3, 0.4) is 0 Å². The molecule has 1 amide bonds. The molecule has 2 aromatic rings. The third kappa shape index (κ3) is 3.42. The Morgan fingerprint density at radius 1 is 1.15 bits per heavy atom. The van der Waals surface area contributed by atoms with Crippen molar-refractivity contribution in [2.24, 2.45) is 11.1 Å². The number of sulfonamides is 1. The zero-order valence-corrected chi connectivity index (χ0v) is 15.9. The van der Waals surface area contributed by atoms with Gasteiger partial charge in [0.2, 0.25) is 10.0 Å². The van der Waals surface area contributed by atoms with Gasteiger partial charge in [-0.3, -0.25) is 4.79 Å². The average molecular weight is 392 g/mol. The maximum atomic E-state index is 12.7. The van der Waals surface area contributed by atoms with Crippen LogP contribution in [0.2, 0.25) is 0 Å². The molecule has 0 aliphatic carbocycles. The van der Waals surface area contributed by atoms with Crippen LogP contribution in [-0.2, 0) is 10.0 Å². The van der Waals surface area contributed by atoms with Crippen LogP contribution >= 0.6 is 11.3 Å². The number of piperidine rings is 3. The van der Waals surface area contributed by atoms with E-state index < -0.39 is 10.0 Å². The highest BCUT2D eigenvalue weighted by Gasteiger charge is 2.35. The zero-order chi connectivity index (χ0) is 18.3. The summed E-state index contributed by atoms with van der Waals surface area (Å²) >= 11 is 1.29. The maximum absolute atomic E-state index is 12.7. The van der Waals surface area contributed by atoms with Crippen molar-refractivity contribution in [3.8, 4) is 10.4 Å². The van der Waals surface area contributed by atoms with E-state index in [0.29, 0.717) is 21.2 Å². The number of fused-ring (bicyclic) bond motifs is 3. The molecule has 6 nitrogen and oxygen atoms in total. The summed E-state index contributed by atoms with van der Waals surface area (Å²) in [5.74, 6) is 0.472. The second-order valence-electron chi connectivity index (χ2n) is 6.92. The van der Waals surface area contributed by atoms with Crippen LogP contribution in [0, 0.1) is 5.92 Å². The Hall–Kier alpha value is -1.74. The molecule has 3 saturated heterocycles. The van der Waals surface area contributed by atoms with Crippen LogP contribution in [-0.4, -0.2) is 44.9 Å². The normalized spacial score (nSPS) is 25.2. The number of primary sulfonamides is 1. The van der Waals surface area contributed by atoms with Gasteiger partial charge < -0.3 is 10.2 Å². The number of nitrogens with one attached hydrogen (secondary N) is 1. The number of carbonyl (C=O) groups excluding carboxylic acids is 1. The van der Waals surface area contributed by atoms with E-state index in [1.54, 1.807) is 30.3 Å². The van der Waals surface area contributed by atoms with Crippen LogP contribution < -0.4 is 10.5 Å². The van der Waals surface area contributed by atoms with Crippen molar-refractivity contribution in [1.29, 1.82) is 0 Å². The summed E-state index contributed by atoms with van der Waals surface area (Å²) in [4.78, 5) is 16.4. The molecular weight excluding hydrogens is 370 g/mol. The van der Waals surface area contributed by atoms with E-state index in [1.807, 2.05) is 0 Å². The van der Waals surface area contributed by atoms with Gasteiger partial charge in [0.25, 0.3) is 5.91 Å². The quantitative estimate of drug-likeness (QED) is 0.832. The van der Waals surface area contributed by atoms with Gasteiger partial charge in [0, 0.05) is 23.0 Å². The van der Waals surface area contributed by atoms with Gasteiger partial charge in [-0.15, -0.1) is 11.3 Å². The van der Waals surface area contributed by atoms with Crippen molar-refractivity contribution in [3.05, 3.63) is 41.3 Å². The van der Waals surface area contributed by atoms with Gasteiger partial charge in [-0.05, 0) is 50.0 Å². The van der Waals surface area contributed by atoms with E-state index >= 15 is 0 Å². The van der Waals surface area contributed by atoms with E-state index in [-0.39, 0.29) is 16.8 Å². The Labute approximate surface area is 157 Å². The Bertz CT molecular complexity index is 931. The topological polar surface area (TPSA) is 92.5 Å². The molecule has 1 unspecified atom stereocenters. The lowest BCUT2D eigenvalue weighted by Crippen LogP contribution is -2.57. The van der Waals surface area contributed by atoms with E-state index in [2.05, 4.69) is 10.2 Å². The van der Waals surface area contributed by atoms with Crippen LogP contribution in [0.1, 0.15) is 22.5 Å². The molecule has 3 N–H and O–H groups in total. The average Bonchev–Trinajstić information content (AvgIpc) is 3.12. The Morgan fingerprint density at radius 2 is 1.88 bits per heavy atom. The van der Waals surface area contributed by atoms with Gasteiger partial charge in [0.1, 0.15) is 0 Å². The maximum Gasteiger partial charge on any atom is 0.261 e. The number of hydrogen-bond donors (Lipinski definition) is 2. The van der Waals surface area contributed by atoms with Crippen LogP contribution in [0.15, 0.2) is 41.3 Å². The molecule has 5 rings (SSSR count). The van der Waals surface area contributed by atoms with Gasteiger partial charge in [0.15, 0.2) is 0 Å². The highest BCUT2D eigenvalue weighted by Crippen LogP contribution is 2.33. The van der Waals surface area contributed by atoms with Crippen molar-refractivity contribution in [2.45, 2.75) is 23.8 Å². The fourth-order valence-electron chi connectivity index (χ4n) is 3.89. The molecule has 26 heavy (non-hydrogen) atoms. The first-order chi connectivity index (χ1) is 12.4. The third-order valence-corrected chi connectivity index (χ3v) is 7.35. The number of nitrogens with zero attached hydrogens (tertiary/aromatic N) is 1. The summed E-state index contributed by atoms with van der Waals surface area (Å²) in [6.45, 7) is 3.18. The molecule has 1 aromatic heterocycles. The van der Waals surface area contributed by atoms with Crippen molar-refractivity contribution in [3.63, 3.8) is 0 Å².